The first-order valence-electron chi connectivity index (χ1n) is 10.9. The molecule has 7 nitrogen and oxygen atoms in total. The van der Waals surface area contributed by atoms with Gasteiger partial charge < -0.3 is 9.80 Å². The van der Waals surface area contributed by atoms with Crippen molar-refractivity contribution in [2.45, 2.75) is 20.4 Å². The molecule has 176 valence electrons. The molecule has 2 fully saturated rings. The average molecular weight is 498 g/mol. The standard InChI is InChI=1S/C24H24FN5O2S2/c1-4-30-21(29-11-9-28(10-12-29)17-7-5-16(25)6-8-17)18(15(2)19(14-26)22(30)31)13-20-23(32)27(3)24(33)34-20/h5-8,13H,4,9-12H2,1-3H3/b20-13+. The van der Waals surface area contributed by atoms with Crippen LogP contribution in [0.3, 0.4) is 0 Å². The Kier molecular flexibility index (Phi) is 6.77. The van der Waals surface area contributed by atoms with Crippen LogP contribution in [-0.4, -0.2) is 52.9 Å². The number of hydrogen-bond donors (Lipinski definition) is 0. The number of amides is 1. The lowest BCUT2D eigenvalue weighted by molar-refractivity contribution is -0.121. The molecular weight excluding hydrogens is 473 g/mol. The van der Waals surface area contributed by atoms with E-state index in [1.807, 2.05) is 13.0 Å². The Morgan fingerprint density at radius 3 is 2.29 bits per heavy atom. The van der Waals surface area contributed by atoms with E-state index in [4.69, 9.17) is 12.2 Å². The van der Waals surface area contributed by atoms with Crippen LogP contribution in [0.5, 0.6) is 0 Å². The quantitative estimate of drug-likeness (QED) is 0.474. The normalized spacial score (nSPS) is 17.6. The van der Waals surface area contributed by atoms with E-state index in [1.54, 1.807) is 36.7 Å². The average Bonchev–Trinajstić information content (AvgIpc) is 3.08. The van der Waals surface area contributed by atoms with E-state index < -0.39 is 0 Å². The van der Waals surface area contributed by atoms with Gasteiger partial charge in [-0.1, -0.05) is 24.0 Å². The molecule has 3 heterocycles. The monoisotopic (exact) mass is 497 g/mol. The van der Waals surface area contributed by atoms with Gasteiger partial charge in [-0.15, -0.1) is 0 Å². The van der Waals surface area contributed by atoms with Crippen LogP contribution in [0.25, 0.3) is 6.08 Å². The Hall–Kier alpha value is -3.16. The molecule has 10 heteroatoms. The highest BCUT2D eigenvalue weighted by molar-refractivity contribution is 8.26. The zero-order valence-corrected chi connectivity index (χ0v) is 20.8. The maximum Gasteiger partial charge on any atom is 0.270 e. The summed E-state index contributed by atoms with van der Waals surface area (Å²) >= 11 is 6.48. The van der Waals surface area contributed by atoms with Crippen molar-refractivity contribution < 1.29 is 9.18 Å². The number of benzene rings is 1. The van der Waals surface area contributed by atoms with Crippen molar-refractivity contribution in [2.24, 2.45) is 0 Å². The zero-order chi connectivity index (χ0) is 24.6. The number of carbonyl (C=O) groups is 1. The first-order chi connectivity index (χ1) is 16.3. The summed E-state index contributed by atoms with van der Waals surface area (Å²) in [7, 11) is 1.63. The summed E-state index contributed by atoms with van der Waals surface area (Å²) in [6.07, 6.45) is 1.76. The molecule has 4 rings (SSSR count). The van der Waals surface area contributed by atoms with Gasteiger partial charge in [0.05, 0.1) is 4.91 Å². The lowest BCUT2D eigenvalue weighted by Crippen LogP contribution is -2.48. The fraction of sp³-hybridized carbons (Fsp3) is 0.333. The molecule has 0 bridgehead atoms. The molecule has 1 aromatic carbocycles. The first kappa shape index (κ1) is 24.0. The number of likely N-dealkylation sites (N-methyl/N-ethyl adjacent to an activating group) is 1. The van der Waals surface area contributed by atoms with Crippen LogP contribution in [-0.2, 0) is 11.3 Å². The lowest BCUT2D eigenvalue weighted by Gasteiger charge is -2.39. The topological polar surface area (TPSA) is 72.6 Å². The van der Waals surface area contributed by atoms with E-state index in [9.17, 15) is 19.2 Å². The smallest absolute Gasteiger partial charge is 0.270 e. The van der Waals surface area contributed by atoms with Crippen LogP contribution in [0.15, 0.2) is 34.0 Å². The SMILES string of the molecule is CCn1c(N2CCN(c3ccc(F)cc3)CC2)c(/C=C2/SC(=S)N(C)C2=O)c(C)c(C#N)c1=O. The summed E-state index contributed by atoms with van der Waals surface area (Å²) in [4.78, 5) is 32.0. The molecule has 2 aliphatic heterocycles. The number of thiocarbonyl (C=S) groups is 1. The molecule has 0 N–H and O–H groups in total. The first-order valence-corrected chi connectivity index (χ1v) is 12.1. The Morgan fingerprint density at radius 1 is 1.15 bits per heavy atom. The lowest BCUT2D eigenvalue weighted by atomic mass is 10.0. The van der Waals surface area contributed by atoms with E-state index in [2.05, 4.69) is 9.80 Å². The third-order valence-electron chi connectivity index (χ3n) is 6.20. The van der Waals surface area contributed by atoms with E-state index in [0.29, 0.717) is 58.9 Å². The van der Waals surface area contributed by atoms with Gasteiger partial charge >= 0.3 is 0 Å². The number of hydrogen-bond acceptors (Lipinski definition) is 7. The highest BCUT2D eigenvalue weighted by Gasteiger charge is 2.31. The minimum absolute atomic E-state index is 0.0776. The predicted octanol–water partition coefficient (Wildman–Crippen LogP) is 3.35. The molecule has 34 heavy (non-hydrogen) atoms. The van der Waals surface area contributed by atoms with Crippen molar-refractivity contribution in [1.29, 1.82) is 5.26 Å². The Bertz CT molecular complexity index is 1290. The molecule has 0 unspecified atom stereocenters. The molecule has 1 aromatic heterocycles. The highest BCUT2D eigenvalue weighted by atomic mass is 32.2. The van der Waals surface area contributed by atoms with Crippen molar-refractivity contribution in [3.05, 3.63) is 62.0 Å². The number of halogens is 1. The van der Waals surface area contributed by atoms with Gasteiger partial charge in [-0.25, -0.2) is 4.39 Å². The molecule has 0 atom stereocenters. The van der Waals surface area contributed by atoms with E-state index in [-0.39, 0.29) is 22.8 Å². The Labute approximate surface area is 207 Å². The summed E-state index contributed by atoms with van der Waals surface area (Å²) in [5.41, 5.74) is 1.92. The van der Waals surface area contributed by atoms with Crippen molar-refractivity contribution >= 4 is 51.8 Å². The van der Waals surface area contributed by atoms with Crippen molar-refractivity contribution in [2.75, 3.05) is 43.0 Å². The number of nitrogens with zero attached hydrogens (tertiary/aromatic N) is 5. The third kappa shape index (κ3) is 4.21. The molecule has 0 aliphatic carbocycles. The van der Waals surface area contributed by atoms with Gasteiger partial charge in [0.2, 0.25) is 0 Å². The minimum Gasteiger partial charge on any atom is -0.368 e. The summed E-state index contributed by atoms with van der Waals surface area (Å²) < 4.78 is 15.4. The number of aromatic nitrogens is 1. The second-order valence-electron chi connectivity index (χ2n) is 8.09. The van der Waals surface area contributed by atoms with Crippen LogP contribution in [0.4, 0.5) is 15.9 Å². The van der Waals surface area contributed by atoms with Crippen molar-refractivity contribution in [1.82, 2.24) is 9.47 Å². The maximum absolute atomic E-state index is 13.3. The predicted molar refractivity (Wildman–Crippen MR) is 138 cm³/mol. The summed E-state index contributed by atoms with van der Waals surface area (Å²) in [6, 6.07) is 8.46. The molecule has 0 spiro atoms. The molecule has 2 aromatic rings. The van der Waals surface area contributed by atoms with Crippen molar-refractivity contribution in [3.8, 4) is 6.07 Å². The second-order valence-corrected chi connectivity index (χ2v) is 9.77. The summed E-state index contributed by atoms with van der Waals surface area (Å²) in [6.45, 7) is 6.60. The number of rotatable bonds is 4. The third-order valence-corrected chi connectivity index (χ3v) is 7.68. The number of thioether (sulfide) groups is 1. The van der Waals surface area contributed by atoms with Gasteiger partial charge in [0.25, 0.3) is 11.5 Å². The maximum atomic E-state index is 13.3. The van der Waals surface area contributed by atoms with Crippen LogP contribution in [0.1, 0.15) is 23.6 Å². The highest BCUT2D eigenvalue weighted by Crippen LogP contribution is 2.35. The molecular formula is C24H24FN5O2S2. The largest absolute Gasteiger partial charge is 0.368 e. The van der Waals surface area contributed by atoms with E-state index >= 15 is 0 Å². The van der Waals surface area contributed by atoms with Crippen LogP contribution in [0.2, 0.25) is 0 Å². The number of nitriles is 1. The Morgan fingerprint density at radius 2 is 1.76 bits per heavy atom. The summed E-state index contributed by atoms with van der Waals surface area (Å²) in [5.74, 6) is 0.225. The second kappa shape index (κ2) is 9.60. The number of pyridine rings is 1. The van der Waals surface area contributed by atoms with E-state index in [1.165, 1.54) is 28.8 Å². The number of piperazine rings is 1. The number of anilines is 2. The molecule has 0 radical (unpaired) electrons. The molecule has 2 saturated heterocycles. The minimum atomic E-state index is -0.335. The fourth-order valence-electron chi connectivity index (χ4n) is 4.28. The van der Waals surface area contributed by atoms with Crippen LogP contribution in [0, 0.1) is 24.1 Å². The molecule has 1 amide bonds. The van der Waals surface area contributed by atoms with Gasteiger partial charge in [-0.2, -0.15) is 5.26 Å². The van der Waals surface area contributed by atoms with Gasteiger partial charge in [0, 0.05) is 51.0 Å². The van der Waals surface area contributed by atoms with Crippen LogP contribution < -0.4 is 15.4 Å². The van der Waals surface area contributed by atoms with Gasteiger partial charge in [-0.05, 0) is 49.8 Å². The molecule has 2 aliphatic rings. The van der Waals surface area contributed by atoms with Crippen molar-refractivity contribution in [3.63, 3.8) is 0 Å². The van der Waals surface area contributed by atoms with Crippen LogP contribution >= 0.6 is 24.0 Å². The zero-order valence-electron chi connectivity index (χ0n) is 19.2. The number of carbonyl (C=O) groups excluding carboxylic acids is 1. The van der Waals surface area contributed by atoms with Gasteiger partial charge in [0.1, 0.15) is 27.6 Å². The van der Waals surface area contributed by atoms with E-state index in [0.717, 1.165) is 5.69 Å². The van der Waals surface area contributed by atoms with Gasteiger partial charge in [-0.3, -0.25) is 19.1 Å². The molecule has 0 saturated carbocycles. The van der Waals surface area contributed by atoms with Gasteiger partial charge in [0.15, 0.2) is 0 Å². The fourth-order valence-corrected chi connectivity index (χ4v) is 5.44. The summed E-state index contributed by atoms with van der Waals surface area (Å²) in [5, 5.41) is 9.69. The Balaban J connectivity index is 1.77.